The zero-order valence-electron chi connectivity index (χ0n) is 21.8. The maximum atomic E-state index is 6.13. The molecule has 0 N–H and O–H groups in total. The van der Waals surface area contributed by atoms with Crippen molar-refractivity contribution in [3.63, 3.8) is 0 Å². The number of hydrogen-bond donors (Lipinski definition) is 0. The van der Waals surface area contributed by atoms with Crippen LogP contribution in [0.2, 0.25) is 0 Å². The van der Waals surface area contributed by atoms with E-state index in [0.29, 0.717) is 18.5 Å². The normalized spacial score (nSPS) is 10.0. The molecule has 0 aliphatic carbocycles. The van der Waals surface area contributed by atoms with E-state index in [9.17, 15) is 0 Å². The second-order valence-corrected chi connectivity index (χ2v) is 12.9. The molecule has 0 bridgehead atoms. The summed E-state index contributed by atoms with van der Waals surface area (Å²) in [6.45, 7) is 2.30. The van der Waals surface area contributed by atoms with Crippen molar-refractivity contribution in [1.82, 2.24) is 0 Å². The molecule has 0 aliphatic rings. The fourth-order valence-corrected chi connectivity index (χ4v) is 8.43. The first-order valence-corrected chi connectivity index (χ1v) is 14.1. The summed E-state index contributed by atoms with van der Waals surface area (Å²) in [4.78, 5) is 0. The van der Waals surface area contributed by atoms with Crippen LogP contribution in [0.1, 0.15) is 84.0 Å². The molecule has 0 heterocycles. The second kappa shape index (κ2) is 24.3. The predicted molar refractivity (Wildman–Crippen MR) is 158 cm³/mol. The van der Waals surface area contributed by atoms with Crippen LogP contribution in [0, 0.1) is 0 Å². The van der Waals surface area contributed by atoms with Crippen LogP contribution in [0.5, 0.6) is 0 Å². The van der Waals surface area contributed by atoms with Gasteiger partial charge in [-0.25, -0.2) is 0 Å². The van der Waals surface area contributed by atoms with Crippen molar-refractivity contribution in [1.29, 1.82) is 0 Å². The summed E-state index contributed by atoms with van der Waals surface area (Å²) in [7, 11) is 17.9. The van der Waals surface area contributed by atoms with E-state index in [0.717, 1.165) is 7.06 Å². The van der Waals surface area contributed by atoms with Crippen LogP contribution >= 0.6 is 8.73 Å². The number of unbranched alkanes of at least 4 members (excludes halogenated alkanes) is 11. The third-order valence-electron chi connectivity index (χ3n) is 5.48. The molecule has 0 aliphatic heterocycles. The maximum absolute atomic E-state index is 6.13. The molecule has 0 saturated carbocycles. The van der Waals surface area contributed by atoms with Gasteiger partial charge in [-0.05, 0) is 0 Å². The van der Waals surface area contributed by atoms with E-state index in [4.69, 9.17) is 7.74 Å². The molecule has 0 amide bonds. The van der Waals surface area contributed by atoms with E-state index in [1.54, 1.807) is 0 Å². The van der Waals surface area contributed by atoms with Gasteiger partial charge in [0.2, 0.25) is 0 Å². The van der Waals surface area contributed by atoms with Crippen molar-refractivity contribution in [3.8, 4) is 0 Å². The molecular weight excluding hydrogens is 366 g/mol. The van der Waals surface area contributed by atoms with Gasteiger partial charge in [-0.15, -0.1) is 0 Å². The average molecular weight is 407 g/mol. The minimum absolute atomic E-state index is 0. The van der Waals surface area contributed by atoms with Gasteiger partial charge in [0.05, 0.1) is 0 Å². The van der Waals surface area contributed by atoms with Crippen LogP contribution in [0.4, 0.5) is 0 Å². The second-order valence-electron chi connectivity index (χ2n) is 9.31. The Morgan fingerprint density at radius 3 is 1.34 bits per heavy atom. The Hall–Kier alpha value is 3.13. The summed E-state index contributed by atoms with van der Waals surface area (Å²) < 4.78 is 0. The van der Waals surface area contributed by atoms with Crippen molar-refractivity contribution in [2.45, 2.75) is 84.0 Å². The van der Waals surface area contributed by atoms with Crippen LogP contribution in [-0.2, 0) is 0 Å². The van der Waals surface area contributed by atoms with E-state index in [1.807, 2.05) is 0 Å². The van der Waals surface area contributed by atoms with E-state index in [2.05, 4.69) is 57.7 Å². The Morgan fingerprint density at radius 2 is 1.03 bits per heavy atom. The zero-order valence-corrected chi connectivity index (χ0v) is 26.6. The van der Waals surface area contributed by atoms with Crippen molar-refractivity contribution < 1.29 is 59.1 Å². The molecule has 0 unspecified atom stereocenters. The Bertz CT molecular complexity index is 452. The van der Waals surface area contributed by atoms with Gasteiger partial charge in [-0.3, -0.25) is 0 Å². The zero-order chi connectivity index (χ0) is 20.5. The quantitative estimate of drug-likeness (QED) is 0.166. The fraction of sp³-hybridized carbons (Fsp3) is 1.00. The summed E-state index contributed by atoms with van der Waals surface area (Å²) in [6.07, 6.45) is 18.4. The smallest absolute Gasteiger partial charge is 0.0654 e. The van der Waals surface area contributed by atoms with E-state index < -0.39 is 8.73 Å². The number of rotatable bonds is 17. The average Bonchev–Trinajstić information content (AvgIpc) is 2.60. The molecule has 0 atom stereocenters. The van der Waals surface area contributed by atoms with Gasteiger partial charge in [0.15, 0.2) is 0 Å². The molecule has 0 aromatic heterocycles. The molecule has 0 aromatic rings. The first kappa shape index (κ1) is 36.7. The molecule has 0 saturated heterocycles. The molecule has 3 radical (unpaired) electrons. The van der Waals surface area contributed by atoms with Crippen molar-refractivity contribution in [2.24, 2.45) is 0 Å². The van der Waals surface area contributed by atoms with E-state index in [1.165, 1.54) is 82.8 Å². The van der Waals surface area contributed by atoms with Crippen LogP contribution < -0.4 is 59.1 Å². The predicted octanol–water partition coefficient (Wildman–Crippen LogP) is -7.62. The summed E-state index contributed by atoms with van der Waals surface area (Å²) in [5.41, 5.74) is 0. The van der Waals surface area contributed by atoms with E-state index in [-0.39, 0.29) is 59.1 Å². The van der Waals surface area contributed by atoms with Gasteiger partial charge < -0.3 is 0 Å². The molecule has 0 fully saturated rings. The Labute approximate surface area is 239 Å². The van der Waals surface area contributed by atoms with Gasteiger partial charge in [-0.2, -0.15) is 0 Å². The topological polar surface area (TPSA) is 0 Å². The van der Waals surface area contributed by atoms with Crippen LogP contribution in [0.25, 0.3) is 0 Å². The van der Waals surface area contributed by atoms with Gasteiger partial charge in [-0.1, -0.05) is 19.8 Å². The monoisotopic (exact) mass is 406 g/mol. The SMILES string of the molecule is [10B-][10BH][10B]([10BH2])S(=[10B][10B]([10BH2])[10BH2])(=[10B][10B]([10BH2])[10BH2])CCCCCCCCCCCCCC.[Na+].[Na+]. The van der Waals surface area contributed by atoms with Crippen LogP contribution in [0.3, 0.4) is 0 Å². The first-order valence-electron chi connectivity index (χ1n) is 12.1. The minimum Gasteiger partial charge on any atom is -0.0654 e. The van der Waals surface area contributed by atoms with Crippen LogP contribution in [-0.4, -0.2) is 89.9 Å². The standard InChI is InChI=1S/C14H40B12S.2Na/c1-2-3-4-5-6-7-8-9-10-11-12-13-14-27(22-24(16)17,23-25(18)19)26(20)21-15;;/h21H,2-14,16-20H2,1H3;;/q-1;2*+1/i15-1,16-1,17-1,18-1,19-1,20-1,21-1,22-1,23-1,24-1,25-1,26-1;;. The summed E-state index contributed by atoms with van der Waals surface area (Å²) >= 11 is 0. The molecule has 0 rings (SSSR count). The molecule has 139 valence electrons. The van der Waals surface area contributed by atoms with Gasteiger partial charge in [0.1, 0.15) is 0 Å². The Balaban J connectivity index is -0.00000338. The van der Waals surface area contributed by atoms with Crippen LogP contribution in [0.15, 0.2) is 0 Å². The van der Waals surface area contributed by atoms with Crippen molar-refractivity contribution in [3.05, 3.63) is 0 Å². The van der Waals surface area contributed by atoms with Gasteiger partial charge >= 0.3 is 222 Å². The Kier molecular flexibility index (Phi) is 30.7. The number of hydrogen-bond acceptors (Lipinski definition) is 0. The van der Waals surface area contributed by atoms with Gasteiger partial charge in [0, 0.05) is 0 Å². The minimum atomic E-state index is -0.811. The third-order valence-corrected chi connectivity index (χ3v) is 10.3. The molecule has 0 aromatic carbocycles. The molecule has 0 spiro atoms. The van der Waals surface area contributed by atoms with Crippen molar-refractivity contribution >= 4 is 92.9 Å². The van der Waals surface area contributed by atoms with Gasteiger partial charge in [0.25, 0.3) is 0 Å². The molecule has 15 heteroatoms. The Morgan fingerprint density at radius 1 is 0.690 bits per heavy atom. The summed E-state index contributed by atoms with van der Waals surface area (Å²) in [6, 6.07) is 5.34. The first-order chi connectivity index (χ1) is 12.9. The fourth-order valence-electron chi connectivity index (χ4n) is 4.04. The van der Waals surface area contributed by atoms with Crippen molar-refractivity contribution in [2.75, 3.05) is 5.75 Å². The molecular formula is C14H40B12Na2S+. The van der Waals surface area contributed by atoms with E-state index >= 15 is 0 Å². The summed E-state index contributed by atoms with van der Waals surface area (Å²) in [5.74, 6) is 1.98. The molecule has 0 nitrogen and oxygen atoms in total. The third kappa shape index (κ3) is 20.2. The molecule has 29 heavy (non-hydrogen) atoms. The summed E-state index contributed by atoms with van der Waals surface area (Å²) in [5, 5.41) is 0.